The zero-order chi connectivity index (χ0) is 13.1. The van der Waals surface area contributed by atoms with Crippen LogP contribution in [0.3, 0.4) is 0 Å². The van der Waals surface area contributed by atoms with Gasteiger partial charge in [0.15, 0.2) is 0 Å². The maximum Gasteiger partial charge on any atom is 0.138 e. The molecule has 0 saturated heterocycles. The van der Waals surface area contributed by atoms with Crippen LogP contribution in [-0.4, -0.2) is 24.3 Å². The van der Waals surface area contributed by atoms with E-state index in [1.54, 1.807) is 12.7 Å². The number of imidazole rings is 1. The molecule has 2 rings (SSSR count). The number of aromatic nitrogens is 5. The van der Waals surface area contributed by atoms with Crippen LogP contribution in [0.25, 0.3) is 0 Å². The number of aryl methyl sites for hydroxylation is 1. The first-order valence-corrected chi connectivity index (χ1v) is 6.16. The van der Waals surface area contributed by atoms with E-state index in [0.717, 1.165) is 18.1 Å². The van der Waals surface area contributed by atoms with E-state index in [2.05, 4.69) is 28.9 Å². The summed E-state index contributed by atoms with van der Waals surface area (Å²) in [5.74, 6) is 1.46. The molecule has 0 spiro atoms. The van der Waals surface area contributed by atoms with Gasteiger partial charge >= 0.3 is 0 Å². The molecule has 98 valence electrons. The molecule has 0 aliphatic heterocycles. The highest BCUT2D eigenvalue weighted by atomic mass is 15.3. The van der Waals surface area contributed by atoms with E-state index in [1.807, 2.05) is 22.5 Å². The summed E-state index contributed by atoms with van der Waals surface area (Å²) >= 11 is 0. The Kier molecular flexibility index (Phi) is 3.76. The highest BCUT2D eigenvalue weighted by Crippen LogP contribution is 2.13. The lowest BCUT2D eigenvalue weighted by atomic mass is 10.1. The Hall–Kier alpha value is -1.69. The van der Waals surface area contributed by atoms with E-state index < -0.39 is 0 Å². The first-order chi connectivity index (χ1) is 8.56. The minimum absolute atomic E-state index is 0.138. The molecule has 0 radical (unpaired) electrons. The van der Waals surface area contributed by atoms with Crippen LogP contribution in [0.1, 0.15) is 31.4 Å². The van der Waals surface area contributed by atoms with E-state index in [-0.39, 0.29) is 6.04 Å². The maximum atomic E-state index is 6.14. The van der Waals surface area contributed by atoms with Gasteiger partial charge in [-0.1, -0.05) is 13.8 Å². The van der Waals surface area contributed by atoms with E-state index in [1.165, 1.54) is 0 Å². The zero-order valence-electron chi connectivity index (χ0n) is 11.1. The monoisotopic (exact) mass is 248 g/mol. The summed E-state index contributed by atoms with van der Waals surface area (Å²) < 4.78 is 3.82. The van der Waals surface area contributed by atoms with Gasteiger partial charge in [-0.3, -0.25) is 0 Å². The molecule has 0 fully saturated rings. The predicted octanol–water partition coefficient (Wildman–Crippen LogP) is 0.910. The lowest BCUT2D eigenvalue weighted by molar-refractivity contribution is 0.458. The second kappa shape index (κ2) is 5.30. The minimum Gasteiger partial charge on any atom is -0.340 e. The van der Waals surface area contributed by atoms with Crippen molar-refractivity contribution in [1.29, 1.82) is 0 Å². The first-order valence-electron chi connectivity index (χ1n) is 6.16. The Labute approximate surface area is 107 Å². The van der Waals surface area contributed by atoms with Crippen LogP contribution in [0.2, 0.25) is 0 Å². The van der Waals surface area contributed by atoms with Crippen LogP contribution in [0.15, 0.2) is 18.9 Å². The van der Waals surface area contributed by atoms with Crippen molar-refractivity contribution in [3.8, 4) is 0 Å². The zero-order valence-corrected chi connectivity index (χ0v) is 11.1. The van der Waals surface area contributed by atoms with Gasteiger partial charge in [-0.15, -0.1) is 0 Å². The number of rotatable bonds is 5. The van der Waals surface area contributed by atoms with Crippen molar-refractivity contribution >= 4 is 0 Å². The molecular weight excluding hydrogens is 228 g/mol. The van der Waals surface area contributed by atoms with Crippen LogP contribution in [0.4, 0.5) is 0 Å². The predicted molar refractivity (Wildman–Crippen MR) is 68.7 cm³/mol. The molecule has 1 unspecified atom stereocenters. The third-order valence-corrected chi connectivity index (χ3v) is 2.74. The highest BCUT2D eigenvalue weighted by Gasteiger charge is 2.14. The van der Waals surface area contributed by atoms with Gasteiger partial charge in [0.25, 0.3) is 0 Å². The largest absolute Gasteiger partial charge is 0.340 e. The molecule has 2 N–H and O–H groups in total. The number of hydrogen-bond acceptors (Lipinski definition) is 4. The van der Waals surface area contributed by atoms with Gasteiger partial charge in [0.1, 0.15) is 12.2 Å². The number of nitrogens with zero attached hydrogens (tertiary/aromatic N) is 5. The second-order valence-corrected chi connectivity index (χ2v) is 5.03. The van der Waals surface area contributed by atoms with Gasteiger partial charge in [-0.05, 0) is 5.92 Å². The molecule has 6 heteroatoms. The van der Waals surface area contributed by atoms with Crippen molar-refractivity contribution in [3.05, 3.63) is 30.4 Å². The fourth-order valence-electron chi connectivity index (χ4n) is 1.87. The lowest BCUT2D eigenvalue weighted by Crippen LogP contribution is -2.18. The van der Waals surface area contributed by atoms with Crippen molar-refractivity contribution in [2.45, 2.75) is 32.9 Å². The normalized spacial score (nSPS) is 13.2. The lowest BCUT2D eigenvalue weighted by Gasteiger charge is -2.11. The third-order valence-electron chi connectivity index (χ3n) is 2.74. The van der Waals surface area contributed by atoms with Crippen molar-refractivity contribution in [1.82, 2.24) is 24.3 Å². The Morgan fingerprint density at radius 2 is 2.11 bits per heavy atom. The minimum atomic E-state index is -0.138. The van der Waals surface area contributed by atoms with Crippen LogP contribution in [0.5, 0.6) is 0 Å². The SMILES string of the molecule is CC(C)Cn1ncnc1CC(N)c1cn(C)cn1. The summed E-state index contributed by atoms with van der Waals surface area (Å²) in [7, 11) is 1.94. The van der Waals surface area contributed by atoms with Gasteiger partial charge in [0.05, 0.1) is 18.1 Å². The second-order valence-electron chi connectivity index (χ2n) is 5.03. The average molecular weight is 248 g/mol. The molecular formula is C12H20N6. The van der Waals surface area contributed by atoms with Gasteiger partial charge in [-0.25, -0.2) is 14.6 Å². The highest BCUT2D eigenvalue weighted by molar-refractivity contribution is 5.06. The summed E-state index contributed by atoms with van der Waals surface area (Å²) in [5.41, 5.74) is 7.03. The smallest absolute Gasteiger partial charge is 0.138 e. The molecule has 0 aliphatic carbocycles. The van der Waals surface area contributed by atoms with Gasteiger partial charge in [0.2, 0.25) is 0 Å². The summed E-state index contributed by atoms with van der Waals surface area (Å²) in [6, 6.07) is -0.138. The Bertz CT molecular complexity index is 498. The van der Waals surface area contributed by atoms with Crippen molar-refractivity contribution in [3.63, 3.8) is 0 Å². The van der Waals surface area contributed by atoms with Gasteiger partial charge in [0, 0.05) is 26.2 Å². The summed E-state index contributed by atoms with van der Waals surface area (Å²) in [5, 5.41) is 4.23. The summed E-state index contributed by atoms with van der Waals surface area (Å²) in [6.07, 6.45) is 5.94. The first kappa shape index (κ1) is 12.8. The fourth-order valence-corrected chi connectivity index (χ4v) is 1.87. The molecule has 0 aliphatic rings. The standard InChI is InChI=1S/C12H20N6/c1-9(2)5-18-12(14-7-16-18)4-10(13)11-6-17(3)8-15-11/h6-10H,4-5,13H2,1-3H3. The van der Waals surface area contributed by atoms with Crippen LogP contribution in [0, 0.1) is 5.92 Å². The molecule has 0 amide bonds. The topological polar surface area (TPSA) is 74.6 Å². The molecule has 2 aromatic rings. The molecule has 2 heterocycles. The van der Waals surface area contributed by atoms with E-state index in [0.29, 0.717) is 12.3 Å². The molecule has 18 heavy (non-hydrogen) atoms. The molecule has 0 saturated carbocycles. The van der Waals surface area contributed by atoms with Crippen LogP contribution >= 0.6 is 0 Å². The number of nitrogens with two attached hydrogens (primary N) is 1. The van der Waals surface area contributed by atoms with Crippen molar-refractivity contribution in [2.75, 3.05) is 0 Å². The third kappa shape index (κ3) is 2.95. The molecule has 1 atom stereocenters. The molecule has 0 bridgehead atoms. The van der Waals surface area contributed by atoms with Crippen LogP contribution in [-0.2, 0) is 20.0 Å². The van der Waals surface area contributed by atoms with E-state index in [4.69, 9.17) is 5.73 Å². The van der Waals surface area contributed by atoms with Crippen LogP contribution < -0.4 is 5.73 Å². The molecule has 2 aromatic heterocycles. The summed E-state index contributed by atoms with van der Waals surface area (Å²) in [6.45, 7) is 5.18. The Morgan fingerprint density at radius 3 is 2.72 bits per heavy atom. The van der Waals surface area contributed by atoms with Gasteiger partial charge < -0.3 is 10.3 Å². The van der Waals surface area contributed by atoms with Crippen molar-refractivity contribution in [2.24, 2.45) is 18.7 Å². The number of hydrogen-bond donors (Lipinski definition) is 1. The van der Waals surface area contributed by atoms with Crippen molar-refractivity contribution < 1.29 is 0 Å². The maximum absolute atomic E-state index is 6.14. The van der Waals surface area contributed by atoms with Gasteiger partial charge in [-0.2, -0.15) is 5.10 Å². The molecule has 0 aromatic carbocycles. The Morgan fingerprint density at radius 1 is 1.33 bits per heavy atom. The fraction of sp³-hybridized carbons (Fsp3) is 0.583. The Balaban J connectivity index is 2.07. The van der Waals surface area contributed by atoms with E-state index >= 15 is 0 Å². The van der Waals surface area contributed by atoms with E-state index in [9.17, 15) is 0 Å². The average Bonchev–Trinajstić information content (AvgIpc) is 2.88. The summed E-state index contributed by atoms with van der Waals surface area (Å²) in [4.78, 5) is 8.55. The molecule has 6 nitrogen and oxygen atoms in total. The quantitative estimate of drug-likeness (QED) is 0.853.